The molecule has 1 atom stereocenters. The molecule has 0 spiro atoms. The molecule has 8 nitrogen and oxygen atoms in total. The highest BCUT2D eigenvalue weighted by molar-refractivity contribution is 7.89. The van der Waals surface area contributed by atoms with Gasteiger partial charge in [-0.1, -0.05) is 25.1 Å². The van der Waals surface area contributed by atoms with Crippen LogP contribution < -0.4 is 15.4 Å². The van der Waals surface area contributed by atoms with Gasteiger partial charge in [0.15, 0.2) is 6.10 Å². The number of rotatable bonds is 5. The molecule has 0 unspecified atom stereocenters. The lowest BCUT2D eigenvalue weighted by Gasteiger charge is -2.31. The summed E-state index contributed by atoms with van der Waals surface area (Å²) < 4.78 is 33.8. The van der Waals surface area contributed by atoms with Gasteiger partial charge in [0, 0.05) is 30.8 Å². The molecule has 33 heavy (non-hydrogen) atoms. The maximum Gasteiger partial charge on any atom is 0.265 e. The topological polar surface area (TPSA) is 105 Å². The van der Waals surface area contributed by atoms with Gasteiger partial charge in [-0.3, -0.25) is 9.59 Å². The second kappa shape index (κ2) is 9.15. The first-order valence-electron chi connectivity index (χ1n) is 11.2. The number of aryl methyl sites for hydroxylation is 2. The summed E-state index contributed by atoms with van der Waals surface area (Å²) in [7, 11) is -3.77. The molecule has 2 heterocycles. The Hall–Kier alpha value is -2.91. The second-order valence-corrected chi connectivity index (χ2v) is 10.4. The number of benzene rings is 2. The lowest BCUT2D eigenvalue weighted by Crippen LogP contribution is -2.41. The number of nitrogens with zero attached hydrogens (tertiary/aromatic N) is 1. The number of para-hydroxylation sites is 1. The zero-order chi connectivity index (χ0) is 23.8. The number of ether oxygens (including phenoxy) is 1. The number of hydrogen-bond donors (Lipinski definition) is 2. The molecule has 1 fully saturated rings. The number of carbonyl (C=O) groups is 2. The summed E-state index contributed by atoms with van der Waals surface area (Å²) in [6, 6.07) is 10.8. The molecular formula is C24H29N3O5S. The zero-order valence-electron chi connectivity index (χ0n) is 19.1. The van der Waals surface area contributed by atoms with Crippen molar-refractivity contribution in [3.63, 3.8) is 0 Å². The molecule has 9 heteroatoms. The van der Waals surface area contributed by atoms with Crippen molar-refractivity contribution < 1.29 is 22.7 Å². The normalized spacial score (nSPS) is 19.4. The third-order valence-corrected chi connectivity index (χ3v) is 8.35. The summed E-state index contributed by atoms with van der Waals surface area (Å²) in [5, 5.41) is 5.75. The van der Waals surface area contributed by atoms with Crippen molar-refractivity contribution in [2.24, 2.45) is 5.92 Å². The van der Waals surface area contributed by atoms with E-state index in [9.17, 15) is 18.0 Å². The van der Waals surface area contributed by atoms with Gasteiger partial charge in [-0.2, -0.15) is 4.31 Å². The van der Waals surface area contributed by atoms with Crippen molar-refractivity contribution in [2.75, 3.05) is 23.7 Å². The average Bonchev–Trinajstić information content (AvgIpc) is 2.80. The molecule has 2 aliphatic rings. The van der Waals surface area contributed by atoms with E-state index in [0.29, 0.717) is 29.8 Å². The minimum absolute atomic E-state index is 0.0731. The molecule has 0 bridgehead atoms. The van der Waals surface area contributed by atoms with Crippen LogP contribution in [-0.4, -0.2) is 43.7 Å². The average molecular weight is 472 g/mol. The largest absolute Gasteiger partial charge is 0.479 e. The number of sulfonamides is 1. The lowest BCUT2D eigenvalue weighted by atomic mass is 9.97. The van der Waals surface area contributed by atoms with Crippen LogP contribution in [0, 0.1) is 12.8 Å². The van der Waals surface area contributed by atoms with Gasteiger partial charge >= 0.3 is 0 Å². The van der Waals surface area contributed by atoms with Gasteiger partial charge in [-0.25, -0.2) is 8.42 Å². The van der Waals surface area contributed by atoms with Gasteiger partial charge in [0.1, 0.15) is 5.75 Å². The Balaban J connectivity index is 1.46. The van der Waals surface area contributed by atoms with Crippen LogP contribution in [0.4, 0.5) is 11.4 Å². The van der Waals surface area contributed by atoms with E-state index in [-0.39, 0.29) is 35.7 Å². The van der Waals surface area contributed by atoms with E-state index in [1.54, 1.807) is 19.9 Å². The molecular weight excluding hydrogens is 442 g/mol. The molecule has 2 aromatic carbocycles. The van der Waals surface area contributed by atoms with Crippen LogP contribution in [0.3, 0.4) is 0 Å². The van der Waals surface area contributed by atoms with Gasteiger partial charge in [-0.15, -0.1) is 0 Å². The van der Waals surface area contributed by atoms with Gasteiger partial charge in [0.25, 0.3) is 5.91 Å². The molecule has 176 valence electrons. The first-order chi connectivity index (χ1) is 15.7. The van der Waals surface area contributed by atoms with Crippen molar-refractivity contribution >= 4 is 33.2 Å². The fourth-order valence-electron chi connectivity index (χ4n) is 4.30. The van der Waals surface area contributed by atoms with E-state index in [4.69, 9.17) is 4.74 Å². The van der Waals surface area contributed by atoms with Crippen LogP contribution in [0.1, 0.15) is 37.8 Å². The van der Waals surface area contributed by atoms with Crippen molar-refractivity contribution in [3.8, 4) is 5.75 Å². The van der Waals surface area contributed by atoms with E-state index < -0.39 is 16.1 Å². The quantitative estimate of drug-likeness (QED) is 0.696. The Morgan fingerprint density at radius 3 is 2.61 bits per heavy atom. The molecule has 1 saturated heterocycles. The number of hydrogen-bond acceptors (Lipinski definition) is 5. The number of anilines is 2. The number of piperidine rings is 1. The van der Waals surface area contributed by atoms with E-state index in [1.165, 1.54) is 10.4 Å². The fourth-order valence-corrected chi connectivity index (χ4v) is 6.00. The minimum atomic E-state index is -3.77. The van der Waals surface area contributed by atoms with Crippen molar-refractivity contribution in [1.82, 2.24) is 4.31 Å². The minimum Gasteiger partial charge on any atom is -0.479 e. The summed E-state index contributed by atoms with van der Waals surface area (Å²) in [6.07, 6.45) is 1.03. The Kier molecular flexibility index (Phi) is 6.45. The Morgan fingerprint density at radius 2 is 1.91 bits per heavy atom. The molecule has 2 aliphatic heterocycles. The van der Waals surface area contributed by atoms with Crippen LogP contribution in [0.15, 0.2) is 41.3 Å². The predicted molar refractivity (Wildman–Crippen MR) is 126 cm³/mol. The predicted octanol–water partition coefficient (Wildman–Crippen LogP) is 3.32. The molecule has 0 aliphatic carbocycles. The summed E-state index contributed by atoms with van der Waals surface area (Å²) >= 11 is 0. The Bertz CT molecular complexity index is 1190. The first-order valence-corrected chi connectivity index (χ1v) is 12.7. The third kappa shape index (κ3) is 4.60. The van der Waals surface area contributed by atoms with Crippen molar-refractivity contribution in [1.29, 1.82) is 0 Å². The highest BCUT2D eigenvalue weighted by Crippen LogP contribution is 2.36. The molecule has 0 saturated carbocycles. The number of amides is 2. The highest BCUT2D eigenvalue weighted by Gasteiger charge is 2.34. The van der Waals surface area contributed by atoms with Gasteiger partial charge in [0.2, 0.25) is 15.9 Å². The van der Waals surface area contributed by atoms with Gasteiger partial charge in [-0.05, 0) is 56.4 Å². The second-order valence-electron chi connectivity index (χ2n) is 8.54. The molecule has 0 aromatic heterocycles. The van der Waals surface area contributed by atoms with Crippen molar-refractivity contribution in [2.45, 2.75) is 51.0 Å². The maximum absolute atomic E-state index is 13.4. The summed E-state index contributed by atoms with van der Waals surface area (Å²) in [6.45, 7) is 5.88. The Morgan fingerprint density at radius 1 is 1.21 bits per heavy atom. The molecule has 0 radical (unpaired) electrons. The van der Waals surface area contributed by atoms with Crippen LogP contribution in [0.2, 0.25) is 0 Å². The molecule has 2 amide bonds. The van der Waals surface area contributed by atoms with Crippen molar-refractivity contribution in [3.05, 3.63) is 47.5 Å². The summed E-state index contributed by atoms with van der Waals surface area (Å²) in [4.78, 5) is 24.8. The molecule has 4 rings (SSSR count). The van der Waals surface area contributed by atoms with Crippen LogP contribution >= 0.6 is 0 Å². The van der Waals surface area contributed by atoms with Crippen LogP contribution in [0.25, 0.3) is 0 Å². The monoisotopic (exact) mass is 471 g/mol. The number of nitrogens with one attached hydrogen (secondary N) is 2. The van der Waals surface area contributed by atoms with Gasteiger partial charge in [0.05, 0.1) is 10.6 Å². The van der Waals surface area contributed by atoms with E-state index in [2.05, 4.69) is 10.6 Å². The summed E-state index contributed by atoms with van der Waals surface area (Å²) in [5.74, 6) is -0.240. The number of fused-ring (bicyclic) bond motifs is 1. The van der Waals surface area contributed by atoms with E-state index in [0.717, 1.165) is 17.7 Å². The maximum atomic E-state index is 13.4. The number of carbonyl (C=O) groups excluding carboxylic acids is 2. The van der Waals surface area contributed by atoms with E-state index >= 15 is 0 Å². The fraction of sp³-hybridized carbons (Fsp3) is 0.417. The first kappa shape index (κ1) is 23.3. The van der Waals surface area contributed by atoms with Crippen LogP contribution in [-0.2, 0) is 26.0 Å². The SMILES string of the molecule is CCc1ccccc1NC(=O)C1CCN(S(=O)(=O)c2cc3c(cc2C)NC(=O)[C@H](C)O3)CC1. The smallest absolute Gasteiger partial charge is 0.265 e. The lowest BCUT2D eigenvalue weighted by molar-refractivity contribution is -0.123. The van der Waals surface area contributed by atoms with Crippen LogP contribution in [0.5, 0.6) is 5.75 Å². The van der Waals surface area contributed by atoms with E-state index in [1.807, 2.05) is 31.2 Å². The molecule has 2 aromatic rings. The highest BCUT2D eigenvalue weighted by atomic mass is 32.2. The Labute approximate surface area is 194 Å². The third-order valence-electron chi connectivity index (χ3n) is 6.31. The zero-order valence-corrected chi connectivity index (χ0v) is 19.9. The van der Waals surface area contributed by atoms with Gasteiger partial charge < -0.3 is 15.4 Å². The molecule has 2 N–H and O–H groups in total. The summed E-state index contributed by atoms with van der Waals surface area (Å²) in [5.41, 5.74) is 2.88. The standard InChI is InChI=1S/C24H29N3O5S/c1-4-17-7-5-6-8-19(17)25-24(29)18-9-11-27(12-10-18)33(30,31)22-14-21-20(13-15(22)2)26-23(28)16(3)32-21/h5-8,13-14,16,18H,4,9-12H2,1-3H3,(H,25,29)(H,26,28)/t16-/m0/s1.